The van der Waals surface area contributed by atoms with E-state index in [9.17, 15) is 9.90 Å². The molecule has 0 unspecified atom stereocenters. The monoisotopic (exact) mass is 392 g/mol. The van der Waals surface area contributed by atoms with Crippen LogP contribution >= 0.6 is 0 Å². The van der Waals surface area contributed by atoms with E-state index < -0.39 is 0 Å². The Morgan fingerprint density at radius 1 is 1.10 bits per heavy atom. The Morgan fingerprint density at radius 2 is 1.79 bits per heavy atom. The number of H-pyrrole nitrogens is 1. The van der Waals surface area contributed by atoms with Crippen molar-refractivity contribution in [1.29, 1.82) is 0 Å². The van der Waals surface area contributed by atoms with Gasteiger partial charge in [-0.05, 0) is 12.1 Å². The zero-order valence-electron chi connectivity index (χ0n) is 16.2. The lowest BCUT2D eigenvalue weighted by atomic mass is 10.2. The van der Waals surface area contributed by atoms with Gasteiger partial charge in [-0.3, -0.25) is 9.36 Å². The molecule has 4 aromatic rings. The lowest BCUT2D eigenvalue weighted by Crippen LogP contribution is -2.10. The average Bonchev–Trinajstić information content (AvgIpc) is 3.09. The van der Waals surface area contributed by atoms with Crippen molar-refractivity contribution in [2.24, 2.45) is 0 Å². The van der Waals surface area contributed by atoms with E-state index in [1.165, 1.54) is 0 Å². The fourth-order valence-electron chi connectivity index (χ4n) is 3.31. The van der Waals surface area contributed by atoms with E-state index in [2.05, 4.69) is 15.3 Å². The molecule has 0 aliphatic rings. The van der Waals surface area contributed by atoms with Gasteiger partial charge in [-0.2, -0.15) is 0 Å². The van der Waals surface area contributed by atoms with Gasteiger partial charge >= 0.3 is 0 Å². The van der Waals surface area contributed by atoms with E-state index in [1.807, 2.05) is 18.2 Å². The van der Waals surface area contributed by atoms with Gasteiger partial charge in [-0.1, -0.05) is 12.1 Å². The van der Waals surface area contributed by atoms with Crippen LogP contribution < -0.4 is 20.3 Å². The van der Waals surface area contributed by atoms with Gasteiger partial charge < -0.3 is 24.9 Å². The normalized spacial score (nSPS) is 10.9. The predicted molar refractivity (Wildman–Crippen MR) is 111 cm³/mol. The molecule has 2 aromatic carbocycles. The second kappa shape index (κ2) is 7.23. The number of methoxy groups -OCH3 is 2. The summed E-state index contributed by atoms with van der Waals surface area (Å²) >= 11 is 0. The first kappa shape index (κ1) is 18.4. The first-order valence-electron chi connectivity index (χ1n) is 8.90. The number of hydrogen-bond donors (Lipinski definition) is 3. The number of nitrogens with zero attached hydrogens (tertiary/aromatic N) is 2. The van der Waals surface area contributed by atoms with Crippen molar-refractivity contribution < 1.29 is 14.6 Å². The predicted octanol–water partition coefficient (Wildman–Crippen LogP) is 3.15. The van der Waals surface area contributed by atoms with Crippen molar-refractivity contribution in [3.05, 3.63) is 59.0 Å². The number of nitrogens with one attached hydrogen (secondary N) is 2. The number of anilines is 1. The lowest BCUT2D eigenvalue weighted by molar-refractivity contribution is 0.394. The van der Waals surface area contributed by atoms with Gasteiger partial charge in [-0.15, -0.1) is 0 Å². The molecule has 0 spiro atoms. The highest BCUT2D eigenvalue weighted by Crippen LogP contribution is 2.39. The zero-order chi connectivity index (χ0) is 20.5. The highest BCUT2D eigenvalue weighted by molar-refractivity contribution is 5.84. The summed E-state index contributed by atoms with van der Waals surface area (Å²) in [5, 5.41) is 14.3. The largest absolute Gasteiger partial charge is 0.505 e. The number of para-hydroxylation sites is 1. The second-order valence-corrected chi connectivity index (χ2v) is 6.36. The minimum absolute atomic E-state index is 0.0328. The molecule has 2 heterocycles. The van der Waals surface area contributed by atoms with Crippen LogP contribution in [-0.2, 0) is 0 Å². The van der Waals surface area contributed by atoms with Crippen LogP contribution in [0.2, 0.25) is 0 Å². The van der Waals surface area contributed by atoms with Gasteiger partial charge in [0.15, 0.2) is 0 Å². The Balaban J connectivity index is 1.94. The van der Waals surface area contributed by atoms with Crippen molar-refractivity contribution in [2.75, 3.05) is 26.6 Å². The van der Waals surface area contributed by atoms with E-state index in [0.717, 1.165) is 0 Å². The van der Waals surface area contributed by atoms with Crippen LogP contribution in [0.25, 0.3) is 28.0 Å². The Morgan fingerprint density at radius 3 is 2.45 bits per heavy atom. The van der Waals surface area contributed by atoms with Crippen molar-refractivity contribution in [1.82, 2.24) is 14.5 Å². The molecule has 0 fully saturated rings. The maximum Gasteiger partial charge on any atom is 0.259 e. The number of fused-ring (bicyclic) bond motifs is 1. The average molecular weight is 392 g/mol. The molecule has 0 amide bonds. The van der Waals surface area contributed by atoms with E-state index in [-0.39, 0.29) is 17.1 Å². The highest BCUT2D eigenvalue weighted by Gasteiger charge is 2.21. The maximum atomic E-state index is 12.5. The third kappa shape index (κ3) is 3.14. The van der Waals surface area contributed by atoms with Crippen LogP contribution in [0, 0.1) is 0 Å². The molecule has 2 aromatic heterocycles. The summed E-state index contributed by atoms with van der Waals surface area (Å²) in [6.07, 6.45) is 1.55. The third-order valence-electron chi connectivity index (χ3n) is 4.69. The lowest BCUT2D eigenvalue weighted by Gasteiger charge is -2.13. The number of benzene rings is 2. The molecule has 3 N–H and O–H groups in total. The summed E-state index contributed by atoms with van der Waals surface area (Å²) in [5.41, 5.74) is 1.36. The van der Waals surface area contributed by atoms with E-state index in [1.54, 1.807) is 56.3 Å². The molecule has 0 radical (unpaired) electrons. The molecular formula is C21H20N4O4. The molecule has 0 bridgehead atoms. The summed E-state index contributed by atoms with van der Waals surface area (Å²) in [5.74, 6) is 2.00. The fourth-order valence-corrected chi connectivity index (χ4v) is 3.31. The first-order valence-corrected chi connectivity index (χ1v) is 8.90. The van der Waals surface area contributed by atoms with Crippen LogP contribution in [0.4, 0.5) is 5.82 Å². The molecule has 29 heavy (non-hydrogen) atoms. The van der Waals surface area contributed by atoms with Gasteiger partial charge in [0, 0.05) is 25.2 Å². The number of hydrogen-bond acceptors (Lipinski definition) is 6. The molecule has 0 saturated carbocycles. The number of ether oxygens (including phenoxy) is 2. The van der Waals surface area contributed by atoms with E-state index >= 15 is 0 Å². The SMILES string of the molecule is CNc1c(-c2nc3ccccc3c(=O)[nH]2)c(O)cn1-c1cc(OC)cc(OC)c1. The van der Waals surface area contributed by atoms with Gasteiger partial charge in [-0.25, -0.2) is 4.98 Å². The summed E-state index contributed by atoms with van der Waals surface area (Å²) < 4.78 is 12.4. The summed E-state index contributed by atoms with van der Waals surface area (Å²) in [4.78, 5) is 19.8. The first-order chi connectivity index (χ1) is 14.0. The summed E-state index contributed by atoms with van der Waals surface area (Å²) in [7, 11) is 4.87. The van der Waals surface area contributed by atoms with Crippen molar-refractivity contribution in [3.8, 4) is 34.3 Å². The standard InChI is InChI=1S/C21H20N4O4/c1-22-20-18(19-23-16-7-5-4-6-15(16)21(27)24-19)17(26)11-25(20)12-8-13(28-2)10-14(9-12)29-3/h4-11,22,26H,1-3H3,(H,23,24,27). The number of aromatic nitrogens is 3. The molecule has 4 rings (SSSR count). The highest BCUT2D eigenvalue weighted by atomic mass is 16.5. The minimum Gasteiger partial charge on any atom is -0.505 e. The molecule has 8 heteroatoms. The summed E-state index contributed by atoms with van der Waals surface area (Å²) in [6.45, 7) is 0. The van der Waals surface area contributed by atoms with Gasteiger partial charge in [0.05, 0.1) is 37.0 Å². The summed E-state index contributed by atoms with van der Waals surface area (Å²) in [6, 6.07) is 12.4. The van der Waals surface area contributed by atoms with E-state index in [4.69, 9.17) is 9.47 Å². The topological polar surface area (TPSA) is 101 Å². The Kier molecular flexibility index (Phi) is 4.59. The van der Waals surface area contributed by atoms with Gasteiger partial charge in [0.25, 0.3) is 5.56 Å². The molecule has 0 atom stereocenters. The van der Waals surface area contributed by atoms with Crippen LogP contribution in [0.5, 0.6) is 17.2 Å². The maximum absolute atomic E-state index is 12.5. The van der Waals surface area contributed by atoms with Crippen molar-refractivity contribution in [3.63, 3.8) is 0 Å². The number of aromatic hydroxyl groups is 1. The minimum atomic E-state index is -0.275. The number of aromatic amines is 1. The second-order valence-electron chi connectivity index (χ2n) is 6.36. The van der Waals surface area contributed by atoms with Gasteiger partial charge in [0.2, 0.25) is 0 Å². The van der Waals surface area contributed by atoms with E-state index in [0.29, 0.717) is 39.5 Å². The molecule has 148 valence electrons. The smallest absolute Gasteiger partial charge is 0.259 e. The Hall–Kier alpha value is -3.94. The Bertz CT molecular complexity index is 1240. The van der Waals surface area contributed by atoms with Crippen LogP contribution in [0.15, 0.2) is 53.5 Å². The number of rotatable bonds is 5. The van der Waals surface area contributed by atoms with Crippen LogP contribution in [0.1, 0.15) is 0 Å². The molecule has 0 saturated heterocycles. The molecular weight excluding hydrogens is 372 g/mol. The van der Waals surface area contributed by atoms with Gasteiger partial charge in [0.1, 0.15) is 34.5 Å². The third-order valence-corrected chi connectivity index (χ3v) is 4.69. The van der Waals surface area contributed by atoms with Crippen LogP contribution in [0.3, 0.4) is 0 Å². The van der Waals surface area contributed by atoms with Crippen molar-refractivity contribution in [2.45, 2.75) is 0 Å². The molecule has 0 aliphatic carbocycles. The fraction of sp³-hybridized carbons (Fsp3) is 0.143. The molecule has 8 nitrogen and oxygen atoms in total. The zero-order valence-corrected chi connectivity index (χ0v) is 16.2. The Labute approximate surface area is 166 Å². The molecule has 0 aliphatic heterocycles. The van der Waals surface area contributed by atoms with Crippen molar-refractivity contribution >= 4 is 16.7 Å². The quantitative estimate of drug-likeness (QED) is 0.482. The van der Waals surface area contributed by atoms with Crippen LogP contribution in [-0.4, -0.2) is 40.9 Å².